The predicted octanol–water partition coefficient (Wildman–Crippen LogP) is 3.08. The lowest BCUT2D eigenvalue weighted by atomic mass is 10.1. The normalized spacial score (nSPS) is 11.2. The van der Waals surface area contributed by atoms with E-state index < -0.39 is 12.2 Å². The van der Waals surface area contributed by atoms with Crippen molar-refractivity contribution in [3.8, 4) is 0 Å². The number of benzene rings is 1. The molecule has 0 radical (unpaired) electrons. The van der Waals surface area contributed by atoms with Crippen LogP contribution >= 0.6 is 0 Å². The molecule has 1 rings (SSSR count). The number of carbonyl (C=O) groups is 2. The maximum atomic E-state index is 12.0. The average molecular weight is 348 g/mol. The number of carbonyl (C=O) groups excluding carboxylic acids is 2. The van der Waals surface area contributed by atoms with E-state index in [0.717, 1.165) is 24.8 Å². The Morgan fingerprint density at radius 2 is 1.92 bits per heavy atom. The number of rotatable bonds is 12. The Kier molecular flexibility index (Phi) is 10.5. The van der Waals surface area contributed by atoms with Crippen molar-refractivity contribution in [3.63, 3.8) is 0 Å². The number of methoxy groups -OCH3 is 1. The molecule has 0 aliphatic heterocycles. The van der Waals surface area contributed by atoms with E-state index >= 15 is 0 Å². The molecule has 1 amide bonds. The zero-order chi connectivity index (χ0) is 18.3. The average Bonchev–Trinajstić information content (AvgIpc) is 2.64. The van der Waals surface area contributed by atoms with Crippen LogP contribution in [0.2, 0.25) is 0 Å². The zero-order valence-corrected chi connectivity index (χ0v) is 14.4. The van der Waals surface area contributed by atoms with Gasteiger partial charge in [0.25, 0.3) is 0 Å². The standard InChI is InChI=1S/C17H24N4O4/c1-24-17(23)16(25-13-14-9-5-4-6-10-14)20-15(22)11-7-2-3-8-12-19-21-18/h4-6,9-10,16H,2-3,7-8,11-13H2,1H3,(H,20,22). The van der Waals surface area contributed by atoms with E-state index in [4.69, 9.17) is 10.3 Å². The van der Waals surface area contributed by atoms with E-state index in [2.05, 4.69) is 20.1 Å². The third kappa shape index (κ3) is 9.34. The van der Waals surface area contributed by atoms with Crippen LogP contribution in [0.1, 0.15) is 37.7 Å². The molecule has 1 aromatic carbocycles. The summed E-state index contributed by atoms with van der Waals surface area (Å²) in [6, 6.07) is 9.35. The number of esters is 1. The fraction of sp³-hybridized carbons (Fsp3) is 0.529. The molecule has 0 fully saturated rings. The number of nitrogens with one attached hydrogen (secondary N) is 1. The minimum absolute atomic E-state index is 0.195. The summed E-state index contributed by atoms with van der Waals surface area (Å²) in [7, 11) is 1.25. The van der Waals surface area contributed by atoms with Gasteiger partial charge in [-0.05, 0) is 23.9 Å². The van der Waals surface area contributed by atoms with Gasteiger partial charge in [-0.1, -0.05) is 48.3 Å². The summed E-state index contributed by atoms with van der Waals surface area (Å²) in [5, 5.41) is 6.00. The van der Waals surface area contributed by atoms with Gasteiger partial charge in [-0.15, -0.1) is 0 Å². The number of hydrogen-bond donors (Lipinski definition) is 1. The van der Waals surface area contributed by atoms with Crippen LogP contribution in [0, 0.1) is 0 Å². The Hall–Kier alpha value is -2.57. The van der Waals surface area contributed by atoms with Gasteiger partial charge in [0.15, 0.2) is 0 Å². The molecule has 8 nitrogen and oxygen atoms in total. The second-order valence-electron chi connectivity index (χ2n) is 5.39. The second kappa shape index (κ2) is 12.8. The summed E-state index contributed by atoms with van der Waals surface area (Å²) < 4.78 is 10.1. The molecule has 0 bridgehead atoms. The fourth-order valence-electron chi connectivity index (χ4n) is 2.11. The van der Waals surface area contributed by atoms with Crippen LogP contribution in [0.5, 0.6) is 0 Å². The topological polar surface area (TPSA) is 113 Å². The van der Waals surface area contributed by atoms with Crippen LogP contribution in [0.25, 0.3) is 10.4 Å². The first-order valence-electron chi connectivity index (χ1n) is 8.21. The molecule has 0 heterocycles. The van der Waals surface area contributed by atoms with Gasteiger partial charge in [0.2, 0.25) is 12.1 Å². The monoisotopic (exact) mass is 348 g/mol. The number of unbranched alkanes of at least 4 members (excludes halogenated alkanes) is 3. The highest BCUT2D eigenvalue weighted by Gasteiger charge is 2.22. The van der Waals surface area contributed by atoms with Crippen LogP contribution in [-0.4, -0.2) is 31.8 Å². The van der Waals surface area contributed by atoms with Crippen LogP contribution < -0.4 is 5.32 Å². The van der Waals surface area contributed by atoms with Gasteiger partial charge in [0.1, 0.15) is 0 Å². The molecule has 0 saturated heterocycles. The molecule has 0 saturated carbocycles. The highest BCUT2D eigenvalue weighted by Crippen LogP contribution is 2.06. The summed E-state index contributed by atoms with van der Waals surface area (Å²) in [4.78, 5) is 26.4. The van der Waals surface area contributed by atoms with Crippen molar-refractivity contribution in [2.75, 3.05) is 13.7 Å². The SMILES string of the molecule is COC(=O)C(NC(=O)CCCCCCN=[N+]=[N-])OCc1ccccc1. The molecule has 1 atom stereocenters. The van der Waals surface area contributed by atoms with Crippen molar-refractivity contribution in [2.24, 2.45) is 5.11 Å². The molecule has 1 N–H and O–H groups in total. The molecule has 1 unspecified atom stereocenters. The quantitative estimate of drug-likeness (QED) is 0.156. The Morgan fingerprint density at radius 3 is 2.60 bits per heavy atom. The summed E-state index contributed by atoms with van der Waals surface area (Å²) >= 11 is 0. The number of azide groups is 1. The van der Waals surface area contributed by atoms with Crippen molar-refractivity contribution in [1.82, 2.24) is 5.32 Å². The first-order chi connectivity index (χ1) is 12.2. The molecule has 0 aliphatic rings. The van der Waals surface area contributed by atoms with Crippen molar-refractivity contribution in [2.45, 2.75) is 44.9 Å². The second-order valence-corrected chi connectivity index (χ2v) is 5.39. The Bertz CT molecular complexity index is 573. The molecular weight excluding hydrogens is 324 g/mol. The van der Waals surface area contributed by atoms with Crippen LogP contribution in [0.4, 0.5) is 0 Å². The summed E-state index contributed by atoms with van der Waals surface area (Å²) in [6.45, 7) is 0.667. The maximum absolute atomic E-state index is 12.0. The Balaban J connectivity index is 2.32. The molecule has 25 heavy (non-hydrogen) atoms. The summed E-state index contributed by atoms with van der Waals surface area (Å²) in [6.07, 6.45) is 2.40. The molecule has 1 aromatic rings. The number of ether oxygens (including phenoxy) is 2. The van der Waals surface area contributed by atoms with Crippen LogP contribution in [0.3, 0.4) is 0 Å². The molecule has 0 aliphatic carbocycles. The maximum Gasteiger partial charge on any atom is 0.356 e. The number of hydrogen-bond acceptors (Lipinski definition) is 5. The number of nitrogens with zero attached hydrogens (tertiary/aromatic N) is 3. The van der Waals surface area contributed by atoms with Gasteiger partial charge in [-0.25, -0.2) is 4.79 Å². The van der Waals surface area contributed by atoms with Gasteiger partial charge in [0.05, 0.1) is 13.7 Å². The van der Waals surface area contributed by atoms with Crippen molar-refractivity contribution < 1.29 is 19.1 Å². The first-order valence-corrected chi connectivity index (χ1v) is 8.21. The lowest BCUT2D eigenvalue weighted by molar-refractivity contribution is -0.160. The summed E-state index contributed by atoms with van der Waals surface area (Å²) in [5.41, 5.74) is 9.06. The first kappa shape index (κ1) is 20.5. The van der Waals surface area contributed by atoms with E-state index in [-0.39, 0.29) is 12.5 Å². The Morgan fingerprint density at radius 1 is 1.20 bits per heavy atom. The third-order valence-electron chi connectivity index (χ3n) is 3.44. The highest BCUT2D eigenvalue weighted by molar-refractivity contribution is 5.83. The molecular formula is C17H24N4O4. The van der Waals surface area contributed by atoms with E-state index in [9.17, 15) is 9.59 Å². The molecule has 0 spiro atoms. The largest absolute Gasteiger partial charge is 0.466 e. The van der Waals surface area contributed by atoms with Gasteiger partial charge in [0, 0.05) is 17.9 Å². The Labute approximate surface area is 147 Å². The minimum atomic E-state index is -1.12. The lowest BCUT2D eigenvalue weighted by Crippen LogP contribution is -2.43. The predicted molar refractivity (Wildman–Crippen MR) is 92.3 cm³/mol. The van der Waals surface area contributed by atoms with Gasteiger partial charge in [-0.3, -0.25) is 4.79 Å². The number of amides is 1. The van der Waals surface area contributed by atoms with Gasteiger partial charge >= 0.3 is 5.97 Å². The van der Waals surface area contributed by atoms with E-state index in [1.165, 1.54) is 7.11 Å². The third-order valence-corrected chi connectivity index (χ3v) is 3.44. The van der Waals surface area contributed by atoms with E-state index in [0.29, 0.717) is 19.4 Å². The molecule has 8 heteroatoms. The minimum Gasteiger partial charge on any atom is -0.466 e. The highest BCUT2D eigenvalue weighted by atomic mass is 16.6. The van der Waals surface area contributed by atoms with Gasteiger partial charge < -0.3 is 14.8 Å². The van der Waals surface area contributed by atoms with Crippen LogP contribution in [0.15, 0.2) is 35.4 Å². The summed E-state index contributed by atoms with van der Waals surface area (Å²) in [5.74, 6) is -0.905. The van der Waals surface area contributed by atoms with Crippen molar-refractivity contribution in [3.05, 3.63) is 46.3 Å². The van der Waals surface area contributed by atoms with E-state index in [1.807, 2.05) is 30.3 Å². The fourth-order valence-corrected chi connectivity index (χ4v) is 2.11. The van der Waals surface area contributed by atoms with Crippen molar-refractivity contribution in [1.29, 1.82) is 0 Å². The van der Waals surface area contributed by atoms with Crippen LogP contribution in [-0.2, 0) is 25.7 Å². The van der Waals surface area contributed by atoms with E-state index in [1.54, 1.807) is 0 Å². The molecule has 0 aromatic heterocycles. The smallest absolute Gasteiger partial charge is 0.356 e. The lowest BCUT2D eigenvalue weighted by Gasteiger charge is -2.17. The zero-order valence-electron chi connectivity index (χ0n) is 14.4. The van der Waals surface area contributed by atoms with Gasteiger partial charge in [-0.2, -0.15) is 0 Å². The molecule has 136 valence electrons. The van der Waals surface area contributed by atoms with Crippen molar-refractivity contribution >= 4 is 11.9 Å².